The van der Waals surface area contributed by atoms with Gasteiger partial charge >= 0.3 is 7.60 Å². The van der Waals surface area contributed by atoms with Crippen molar-refractivity contribution in [3.05, 3.63) is 60.4 Å². The molecule has 23 heavy (non-hydrogen) atoms. The van der Waals surface area contributed by atoms with E-state index in [1.165, 1.54) is 0 Å². The summed E-state index contributed by atoms with van der Waals surface area (Å²) in [6, 6.07) is 13.2. The molecule has 1 atom stereocenters. The molecular weight excluding hydrogens is 311 g/mol. The quantitative estimate of drug-likeness (QED) is 0.713. The maximum absolute atomic E-state index is 13.5. The van der Waals surface area contributed by atoms with E-state index in [1.54, 1.807) is 26.2 Å². The Balaban J connectivity index is 2.52. The van der Waals surface area contributed by atoms with E-state index in [2.05, 4.69) is 10.3 Å². The highest BCUT2D eigenvalue weighted by Gasteiger charge is 2.48. The van der Waals surface area contributed by atoms with Crippen LogP contribution in [0.2, 0.25) is 0 Å². The second kappa shape index (κ2) is 7.73. The second-order valence-corrected chi connectivity index (χ2v) is 7.54. The Hall–Kier alpha value is -1.68. The predicted molar refractivity (Wildman–Crippen MR) is 92.5 cm³/mol. The zero-order chi connectivity index (χ0) is 16.8. The number of anilines is 1. The van der Waals surface area contributed by atoms with Gasteiger partial charge < -0.3 is 14.4 Å². The normalized spacial score (nSPS) is 14.2. The van der Waals surface area contributed by atoms with Crippen molar-refractivity contribution in [3.8, 4) is 0 Å². The Labute approximate surface area is 137 Å². The molecule has 124 valence electrons. The summed E-state index contributed by atoms with van der Waals surface area (Å²) in [5, 5.41) is 2.28. The van der Waals surface area contributed by atoms with Crippen LogP contribution in [0, 0.1) is 0 Å². The average molecular weight is 334 g/mol. The molecule has 1 aromatic carbocycles. The molecule has 1 aromatic heterocycles. The van der Waals surface area contributed by atoms with Gasteiger partial charge in [0.15, 0.2) is 5.28 Å². The molecule has 6 heteroatoms. The van der Waals surface area contributed by atoms with Crippen molar-refractivity contribution < 1.29 is 13.6 Å². The van der Waals surface area contributed by atoms with Crippen LogP contribution >= 0.6 is 7.60 Å². The van der Waals surface area contributed by atoms with Crippen LogP contribution in [0.25, 0.3) is 0 Å². The first-order chi connectivity index (χ1) is 11.1. The van der Waals surface area contributed by atoms with Gasteiger partial charge in [0.1, 0.15) is 0 Å². The second-order valence-electron chi connectivity index (χ2n) is 5.14. The molecular formula is C17H23N2O3P. The highest BCUT2D eigenvalue weighted by molar-refractivity contribution is 7.55. The van der Waals surface area contributed by atoms with E-state index in [1.807, 2.05) is 49.4 Å². The highest BCUT2D eigenvalue weighted by atomic mass is 31.2. The zero-order valence-electron chi connectivity index (χ0n) is 13.7. The first kappa shape index (κ1) is 17.7. The van der Waals surface area contributed by atoms with E-state index in [0.29, 0.717) is 13.2 Å². The fourth-order valence-electron chi connectivity index (χ4n) is 2.41. The van der Waals surface area contributed by atoms with Gasteiger partial charge in [-0.15, -0.1) is 0 Å². The molecule has 0 aliphatic rings. The van der Waals surface area contributed by atoms with Crippen LogP contribution in [0.15, 0.2) is 54.9 Å². The number of nitrogens with zero attached hydrogens (tertiary/aromatic N) is 1. The van der Waals surface area contributed by atoms with Crippen molar-refractivity contribution in [3.63, 3.8) is 0 Å². The fraction of sp³-hybridized carbons (Fsp3) is 0.353. The van der Waals surface area contributed by atoms with Crippen LogP contribution in [0.3, 0.4) is 0 Å². The fourth-order valence-corrected chi connectivity index (χ4v) is 4.42. The Kier molecular flexibility index (Phi) is 5.94. The molecule has 0 aliphatic heterocycles. The molecule has 0 amide bonds. The molecule has 1 unspecified atom stereocenters. The molecule has 0 aliphatic carbocycles. The molecule has 2 rings (SSSR count). The molecule has 0 radical (unpaired) electrons. The maximum atomic E-state index is 13.5. The lowest BCUT2D eigenvalue weighted by molar-refractivity contribution is 0.202. The summed E-state index contributed by atoms with van der Waals surface area (Å²) in [6.45, 7) is 6.05. The van der Waals surface area contributed by atoms with Crippen molar-refractivity contribution in [2.75, 3.05) is 18.5 Å². The monoisotopic (exact) mass is 334 g/mol. The Morgan fingerprint density at radius 2 is 1.74 bits per heavy atom. The molecule has 0 saturated carbocycles. The summed E-state index contributed by atoms with van der Waals surface area (Å²) in [6.07, 6.45) is 3.37. The largest absolute Gasteiger partial charge is 0.364 e. The van der Waals surface area contributed by atoms with Crippen LogP contribution < -0.4 is 5.32 Å². The van der Waals surface area contributed by atoms with Crippen LogP contribution in [0.5, 0.6) is 0 Å². The first-order valence-electron chi connectivity index (χ1n) is 7.68. The lowest BCUT2D eigenvalue weighted by Gasteiger charge is -2.37. The van der Waals surface area contributed by atoms with Crippen molar-refractivity contribution >= 4 is 13.3 Å². The topological polar surface area (TPSA) is 60.5 Å². The number of nitrogens with one attached hydrogen (secondary N) is 1. The third-order valence-corrected chi connectivity index (χ3v) is 6.19. The Morgan fingerprint density at radius 3 is 2.26 bits per heavy atom. The molecule has 0 fully saturated rings. The number of pyridine rings is 1. The minimum absolute atomic E-state index is 0.300. The van der Waals surface area contributed by atoms with Gasteiger partial charge in [0.05, 0.1) is 18.9 Å². The average Bonchev–Trinajstić information content (AvgIpc) is 2.57. The van der Waals surface area contributed by atoms with Crippen LogP contribution in [-0.4, -0.2) is 18.2 Å². The summed E-state index contributed by atoms with van der Waals surface area (Å²) in [7, 11) is -3.47. The number of hydrogen-bond donors (Lipinski definition) is 1. The van der Waals surface area contributed by atoms with Gasteiger partial charge in [0, 0.05) is 12.4 Å². The third kappa shape index (κ3) is 3.81. The maximum Gasteiger partial charge on any atom is 0.360 e. The van der Waals surface area contributed by atoms with Gasteiger partial charge in [-0.05, 0) is 38.5 Å². The van der Waals surface area contributed by atoms with Gasteiger partial charge in [0.25, 0.3) is 0 Å². The summed E-state index contributed by atoms with van der Waals surface area (Å²) < 4.78 is 24.7. The smallest absolute Gasteiger partial charge is 0.360 e. The lowest BCUT2D eigenvalue weighted by atomic mass is 10.1. The van der Waals surface area contributed by atoms with Crippen molar-refractivity contribution in [2.24, 2.45) is 0 Å². The zero-order valence-corrected chi connectivity index (χ0v) is 14.6. The molecule has 2 aromatic rings. The van der Waals surface area contributed by atoms with E-state index < -0.39 is 12.9 Å². The predicted octanol–water partition coefficient (Wildman–Crippen LogP) is 4.63. The van der Waals surface area contributed by atoms with Crippen molar-refractivity contribution in [1.82, 2.24) is 4.98 Å². The number of benzene rings is 1. The van der Waals surface area contributed by atoms with E-state index in [0.717, 1.165) is 11.3 Å². The number of hydrogen-bond acceptors (Lipinski definition) is 5. The summed E-state index contributed by atoms with van der Waals surface area (Å²) in [5.41, 5.74) is 1.58. The SMILES string of the molecule is CCOP(=O)(OCC)C(C)(Nc1cccnc1)c1ccccc1. The van der Waals surface area contributed by atoms with E-state index >= 15 is 0 Å². The summed E-state index contributed by atoms with van der Waals surface area (Å²) in [4.78, 5) is 4.10. The van der Waals surface area contributed by atoms with E-state index in [4.69, 9.17) is 9.05 Å². The van der Waals surface area contributed by atoms with Crippen molar-refractivity contribution in [2.45, 2.75) is 26.1 Å². The minimum Gasteiger partial charge on any atom is -0.364 e. The van der Waals surface area contributed by atoms with E-state index in [9.17, 15) is 4.57 Å². The molecule has 0 saturated heterocycles. The van der Waals surface area contributed by atoms with Crippen LogP contribution in [0.1, 0.15) is 26.3 Å². The van der Waals surface area contributed by atoms with Gasteiger partial charge in [0.2, 0.25) is 0 Å². The van der Waals surface area contributed by atoms with E-state index in [-0.39, 0.29) is 0 Å². The van der Waals surface area contributed by atoms with Crippen LogP contribution in [0.4, 0.5) is 5.69 Å². The first-order valence-corrected chi connectivity index (χ1v) is 9.23. The molecule has 0 spiro atoms. The van der Waals surface area contributed by atoms with Gasteiger partial charge in [-0.1, -0.05) is 30.3 Å². The number of rotatable bonds is 8. The summed E-state index contributed by atoms with van der Waals surface area (Å²) in [5.74, 6) is 0. The van der Waals surface area contributed by atoms with Gasteiger partial charge in [-0.3, -0.25) is 9.55 Å². The minimum atomic E-state index is -3.47. The lowest BCUT2D eigenvalue weighted by Crippen LogP contribution is -2.33. The van der Waals surface area contributed by atoms with Crippen molar-refractivity contribution in [1.29, 1.82) is 0 Å². The molecule has 1 N–H and O–H groups in total. The molecule has 1 heterocycles. The standard InChI is InChI=1S/C17H23N2O3P/c1-4-21-23(20,22-5-2)17(3,15-10-7-6-8-11-15)19-16-12-9-13-18-14-16/h6-14,19H,4-5H2,1-3H3. The Bertz CT molecular complexity index is 641. The molecule has 0 bridgehead atoms. The highest BCUT2D eigenvalue weighted by Crippen LogP contribution is 2.64. The van der Waals surface area contributed by atoms with Crippen LogP contribution in [-0.2, 0) is 18.9 Å². The van der Waals surface area contributed by atoms with Gasteiger partial charge in [-0.25, -0.2) is 0 Å². The number of aromatic nitrogens is 1. The Morgan fingerprint density at radius 1 is 1.09 bits per heavy atom. The summed E-state index contributed by atoms with van der Waals surface area (Å²) >= 11 is 0. The third-order valence-electron chi connectivity index (χ3n) is 3.53. The molecule has 5 nitrogen and oxygen atoms in total. The van der Waals surface area contributed by atoms with Gasteiger partial charge in [-0.2, -0.15) is 0 Å².